The summed E-state index contributed by atoms with van der Waals surface area (Å²) >= 11 is 0. The van der Waals surface area contributed by atoms with Gasteiger partial charge in [-0.05, 0) is 24.6 Å². The minimum atomic E-state index is -4.60. The standard InChI is InChI=1S/C13H15F3N2O2/c1-2-12(7-19,8-20)18-10-3-4-11(13(14,15)16)9(5-10)6-17/h3-5,18-20H,2,7-8H2,1H3. The maximum Gasteiger partial charge on any atom is 0.417 e. The molecule has 3 N–H and O–H groups in total. The average molecular weight is 288 g/mol. The third kappa shape index (κ3) is 3.40. The van der Waals surface area contributed by atoms with Gasteiger partial charge in [0, 0.05) is 5.69 Å². The molecule has 1 aromatic carbocycles. The minimum Gasteiger partial charge on any atom is -0.394 e. The zero-order valence-corrected chi connectivity index (χ0v) is 10.8. The minimum absolute atomic E-state index is 0.236. The Kier molecular flexibility index (Phi) is 4.98. The van der Waals surface area contributed by atoms with Gasteiger partial charge in [-0.15, -0.1) is 0 Å². The van der Waals surface area contributed by atoms with Crippen LogP contribution in [0.15, 0.2) is 18.2 Å². The third-order valence-corrected chi connectivity index (χ3v) is 3.14. The quantitative estimate of drug-likeness (QED) is 0.775. The van der Waals surface area contributed by atoms with Crippen molar-refractivity contribution < 1.29 is 23.4 Å². The third-order valence-electron chi connectivity index (χ3n) is 3.14. The van der Waals surface area contributed by atoms with Crippen LogP contribution in [0.4, 0.5) is 18.9 Å². The van der Waals surface area contributed by atoms with E-state index in [2.05, 4.69) is 5.32 Å². The lowest BCUT2D eigenvalue weighted by Gasteiger charge is -2.31. The van der Waals surface area contributed by atoms with E-state index in [1.807, 2.05) is 0 Å². The van der Waals surface area contributed by atoms with E-state index in [-0.39, 0.29) is 18.9 Å². The Morgan fingerprint density at radius 3 is 2.25 bits per heavy atom. The van der Waals surface area contributed by atoms with E-state index < -0.39 is 22.8 Å². The predicted octanol–water partition coefficient (Wildman–Crippen LogP) is 2.12. The molecule has 0 aromatic heterocycles. The summed E-state index contributed by atoms with van der Waals surface area (Å²) in [5.74, 6) is 0. The maximum absolute atomic E-state index is 12.7. The molecule has 0 fully saturated rings. The van der Waals surface area contributed by atoms with Crippen LogP contribution in [0.5, 0.6) is 0 Å². The van der Waals surface area contributed by atoms with Gasteiger partial charge in [0.25, 0.3) is 0 Å². The first-order valence-corrected chi connectivity index (χ1v) is 5.93. The molecule has 0 radical (unpaired) electrons. The molecule has 0 unspecified atom stereocenters. The largest absolute Gasteiger partial charge is 0.417 e. The average Bonchev–Trinajstić information content (AvgIpc) is 2.43. The van der Waals surface area contributed by atoms with E-state index in [4.69, 9.17) is 5.26 Å². The van der Waals surface area contributed by atoms with Crippen LogP contribution in [-0.2, 0) is 6.18 Å². The molecule has 0 aliphatic carbocycles. The van der Waals surface area contributed by atoms with Crippen molar-refractivity contribution in [3.63, 3.8) is 0 Å². The zero-order valence-electron chi connectivity index (χ0n) is 10.8. The molecule has 1 aromatic rings. The van der Waals surface area contributed by atoms with Gasteiger partial charge in [0.15, 0.2) is 0 Å². The lowest BCUT2D eigenvalue weighted by Crippen LogP contribution is -2.45. The van der Waals surface area contributed by atoms with Crippen molar-refractivity contribution in [1.82, 2.24) is 0 Å². The highest BCUT2D eigenvalue weighted by Gasteiger charge is 2.34. The molecule has 0 saturated heterocycles. The summed E-state index contributed by atoms with van der Waals surface area (Å²) in [6.07, 6.45) is -4.23. The summed E-state index contributed by atoms with van der Waals surface area (Å²) < 4.78 is 38.0. The van der Waals surface area contributed by atoms with Gasteiger partial charge in [-0.25, -0.2) is 0 Å². The molecule has 0 aliphatic heterocycles. The number of hydrogen-bond acceptors (Lipinski definition) is 4. The van der Waals surface area contributed by atoms with Gasteiger partial charge in [0.2, 0.25) is 0 Å². The summed E-state index contributed by atoms with van der Waals surface area (Å²) in [5, 5.41) is 30.1. The van der Waals surface area contributed by atoms with Crippen LogP contribution < -0.4 is 5.32 Å². The smallest absolute Gasteiger partial charge is 0.394 e. The van der Waals surface area contributed by atoms with Crippen molar-refractivity contribution in [3.05, 3.63) is 29.3 Å². The van der Waals surface area contributed by atoms with Crippen LogP contribution in [0.25, 0.3) is 0 Å². The fraction of sp³-hybridized carbons (Fsp3) is 0.462. The first kappa shape index (κ1) is 16.3. The van der Waals surface area contributed by atoms with Crippen molar-refractivity contribution >= 4 is 5.69 Å². The Balaban J connectivity index is 3.15. The van der Waals surface area contributed by atoms with Gasteiger partial charge in [-0.2, -0.15) is 18.4 Å². The van der Waals surface area contributed by atoms with Gasteiger partial charge in [-0.3, -0.25) is 0 Å². The van der Waals surface area contributed by atoms with E-state index in [1.165, 1.54) is 12.1 Å². The summed E-state index contributed by atoms with van der Waals surface area (Å²) in [6.45, 7) is 0.945. The molecule has 1 rings (SSSR count). The number of nitrogens with zero attached hydrogens (tertiary/aromatic N) is 1. The Hall–Kier alpha value is -1.78. The van der Waals surface area contributed by atoms with Crippen molar-refractivity contribution in [3.8, 4) is 6.07 Å². The first-order chi connectivity index (χ1) is 9.31. The molecular formula is C13H15F3N2O2. The van der Waals surface area contributed by atoms with Crippen LogP contribution in [0, 0.1) is 11.3 Å². The number of aliphatic hydroxyl groups is 2. The van der Waals surface area contributed by atoms with E-state index in [1.54, 1.807) is 6.92 Å². The summed E-state index contributed by atoms with van der Waals surface area (Å²) in [7, 11) is 0. The number of anilines is 1. The van der Waals surface area contributed by atoms with Crippen LogP contribution in [0.1, 0.15) is 24.5 Å². The number of rotatable bonds is 5. The second kappa shape index (κ2) is 6.11. The second-order valence-corrected chi connectivity index (χ2v) is 4.45. The Morgan fingerprint density at radius 1 is 1.25 bits per heavy atom. The molecule has 110 valence electrons. The van der Waals surface area contributed by atoms with Crippen molar-refractivity contribution in [2.24, 2.45) is 0 Å². The summed E-state index contributed by atoms with van der Waals surface area (Å²) in [4.78, 5) is 0. The van der Waals surface area contributed by atoms with Gasteiger partial charge in [0.1, 0.15) is 0 Å². The summed E-state index contributed by atoms with van der Waals surface area (Å²) in [5.41, 5.74) is -2.32. The number of halogens is 3. The number of nitrogens with one attached hydrogen (secondary N) is 1. The Bertz CT molecular complexity index is 497. The molecule has 0 heterocycles. The van der Waals surface area contributed by atoms with E-state index >= 15 is 0 Å². The molecule has 7 heteroatoms. The number of alkyl halides is 3. The molecule has 0 aliphatic rings. The molecule has 0 spiro atoms. The molecule has 4 nitrogen and oxygen atoms in total. The molecular weight excluding hydrogens is 273 g/mol. The van der Waals surface area contributed by atoms with Gasteiger partial charge >= 0.3 is 6.18 Å². The van der Waals surface area contributed by atoms with Gasteiger partial charge in [-0.1, -0.05) is 6.92 Å². The van der Waals surface area contributed by atoms with Crippen LogP contribution in [0.3, 0.4) is 0 Å². The fourth-order valence-electron chi connectivity index (χ4n) is 1.71. The van der Waals surface area contributed by atoms with Crippen LogP contribution in [-0.4, -0.2) is 29.0 Å². The number of benzene rings is 1. The van der Waals surface area contributed by atoms with Crippen molar-refractivity contribution in [2.45, 2.75) is 25.1 Å². The maximum atomic E-state index is 12.7. The topological polar surface area (TPSA) is 76.3 Å². The highest BCUT2D eigenvalue weighted by Crippen LogP contribution is 2.33. The molecule has 0 bridgehead atoms. The van der Waals surface area contributed by atoms with Crippen LogP contribution in [0.2, 0.25) is 0 Å². The Labute approximate surface area is 114 Å². The monoisotopic (exact) mass is 288 g/mol. The SMILES string of the molecule is CCC(CO)(CO)Nc1ccc(C(F)(F)F)c(C#N)c1. The lowest BCUT2D eigenvalue weighted by atomic mass is 9.97. The van der Waals surface area contributed by atoms with Gasteiger partial charge in [0.05, 0.1) is 35.9 Å². The predicted molar refractivity (Wildman–Crippen MR) is 67.0 cm³/mol. The lowest BCUT2D eigenvalue weighted by molar-refractivity contribution is -0.137. The highest BCUT2D eigenvalue weighted by atomic mass is 19.4. The second-order valence-electron chi connectivity index (χ2n) is 4.45. The fourth-order valence-corrected chi connectivity index (χ4v) is 1.71. The van der Waals surface area contributed by atoms with E-state index in [0.29, 0.717) is 6.42 Å². The zero-order chi connectivity index (χ0) is 15.4. The first-order valence-electron chi connectivity index (χ1n) is 5.93. The van der Waals surface area contributed by atoms with Crippen molar-refractivity contribution in [2.75, 3.05) is 18.5 Å². The molecule has 0 amide bonds. The molecule has 20 heavy (non-hydrogen) atoms. The molecule has 0 saturated carbocycles. The van der Waals surface area contributed by atoms with Crippen LogP contribution >= 0.6 is 0 Å². The molecule has 0 atom stereocenters. The number of aliphatic hydroxyl groups excluding tert-OH is 2. The van der Waals surface area contributed by atoms with Crippen molar-refractivity contribution in [1.29, 1.82) is 5.26 Å². The summed E-state index contributed by atoms with van der Waals surface area (Å²) in [6, 6.07) is 4.52. The van der Waals surface area contributed by atoms with E-state index in [0.717, 1.165) is 12.1 Å². The Morgan fingerprint density at radius 2 is 1.85 bits per heavy atom. The normalized spacial score (nSPS) is 12.1. The van der Waals surface area contributed by atoms with Gasteiger partial charge < -0.3 is 15.5 Å². The highest BCUT2D eigenvalue weighted by molar-refractivity contribution is 5.55. The number of hydrogen-bond donors (Lipinski definition) is 3. The number of nitriles is 1. The van der Waals surface area contributed by atoms with E-state index in [9.17, 15) is 23.4 Å².